The van der Waals surface area contributed by atoms with Gasteiger partial charge in [0.25, 0.3) is 5.91 Å². The number of hydrogen-bond donors (Lipinski definition) is 1. The van der Waals surface area contributed by atoms with Crippen LogP contribution in [0.25, 0.3) is 0 Å². The Morgan fingerprint density at radius 1 is 1.40 bits per heavy atom. The number of anilines is 1. The molecule has 1 N–H and O–H groups in total. The van der Waals surface area contributed by atoms with Gasteiger partial charge in [0, 0.05) is 31.9 Å². The van der Waals surface area contributed by atoms with E-state index < -0.39 is 0 Å². The molecule has 0 fully saturated rings. The molecule has 1 aromatic carbocycles. The molecule has 0 bridgehead atoms. The Labute approximate surface area is 122 Å². The zero-order valence-corrected chi connectivity index (χ0v) is 13.2. The van der Waals surface area contributed by atoms with Crippen LogP contribution in [0.4, 0.5) is 5.69 Å². The zero-order valence-electron chi connectivity index (χ0n) is 13.2. The van der Waals surface area contributed by atoms with Crippen molar-refractivity contribution in [3.05, 3.63) is 29.3 Å². The number of nitrogens with one attached hydrogen (secondary N) is 1. The number of aryl methyl sites for hydroxylation is 1. The van der Waals surface area contributed by atoms with Crippen molar-refractivity contribution >= 4 is 11.6 Å². The zero-order chi connectivity index (χ0) is 15.1. The fourth-order valence-corrected chi connectivity index (χ4v) is 2.12. The molecule has 0 aliphatic carbocycles. The molecule has 0 aromatic heterocycles. The number of methoxy groups -OCH3 is 1. The Morgan fingerprint density at radius 3 is 2.65 bits per heavy atom. The number of ether oxygens (including phenoxy) is 1. The van der Waals surface area contributed by atoms with Gasteiger partial charge in [-0.25, -0.2) is 0 Å². The van der Waals surface area contributed by atoms with Crippen LogP contribution in [0.1, 0.15) is 36.7 Å². The van der Waals surface area contributed by atoms with E-state index in [4.69, 9.17) is 4.74 Å². The van der Waals surface area contributed by atoms with Crippen molar-refractivity contribution in [3.63, 3.8) is 0 Å². The third-order valence-electron chi connectivity index (χ3n) is 3.19. The molecular formula is C16H26N2O2. The summed E-state index contributed by atoms with van der Waals surface area (Å²) in [6.45, 7) is 10.0. The van der Waals surface area contributed by atoms with Crippen molar-refractivity contribution in [2.75, 3.05) is 32.1 Å². The molecule has 1 rings (SSSR count). The molecule has 0 spiro atoms. The number of hydrogen-bond acceptors (Lipinski definition) is 3. The minimum Gasteiger partial charge on any atom is -0.385 e. The summed E-state index contributed by atoms with van der Waals surface area (Å²) in [5, 5.41) is 3.26. The second kappa shape index (κ2) is 7.90. The van der Waals surface area contributed by atoms with E-state index in [-0.39, 0.29) is 11.9 Å². The molecule has 0 radical (unpaired) electrons. The lowest BCUT2D eigenvalue weighted by Gasteiger charge is -2.27. The normalized spacial score (nSPS) is 10.7. The summed E-state index contributed by atoms with van der Waals surface area (Å²) in [4.78, 5) is 14.6. The van der Waals surface area contributed by atoms with Gasteiger partial charge in [-0.3, -0.25) is 4.79 Å². The quantitative estimate of drug-likeness (QED) is 0.834. The van der Waals surface area contributed by atoms with Gasteiger partial charge >= 0.3 is 0 Å². The molecule has 1 amide bonds. The second-order valence-electron chi connectivity index (χ2n) is 5.16. The first kappa shape index (κ1) is 16.5. The van der Waals surface area contributed by atoms with Gasteiger partial charge in [0.05, 0.1) is 12.2 Å². The first-order chi connectivity index (χ1) is 9.51. The Hall–Kier alpha value is -1.55. The molecule has 4 nitrogen and oxygen atoms in total. The van der Waals surface area contributed by atoms with E-state index in [1.54, 1.807) is 7.11 Å². The summed E-state index contributed by atoms with van der Waals surface area (Å²) >= 11 is 0. The van der Waals surface area contributed by atoms with Crippen LogP contribution in [0, 0.1) is 6.92 Å². The summed E-state index contributed by atoms with van der Waals surface area (Å²) in [6.07, 6.45) is 0. The molecule has 0 aliphatic rings. The van der Waals surface area contributed by atoms with E-state index in [2.05, 4.69) is 5.32 Å². The third kappa shape index (κ3) is 4.23. The Bertz CT molecular complexity index is 444. The van der Waals surface area contributed by atoms with E-state index in [1.165, 1.54) is 0 Å². The molecule has 0 aliphatic heterocycles. The Morgan fingerprint density at radius 2 is 2.10 bits per heavy atom. The van der Waals surface area contributed by atoms with E-state index in [9.17, 15) is 4.79 Å². The standard InChI is InChI=1S/C16H26N2O2/c1-6-17-15-8-7-13(4)11-14(15)16(19)18(12(2)3)9-10-20-5/h7-8,11-12,17H,6,9-10H2,1-5H3. The van der Waals surface area contributed by atoms with Gasteiger partial charge in [-0.05, 0) is 39.8 Å². The van der Waals surface area contributed by atoms with Gasteiger partial charge in [-0.15, -0.1) is 0 Å². The van der Waals surface area contributed by atoms with Crippen LogP contribution in [0.3, 0.4) is 0 Å². The first-order valence-electron chi connectivity index (χ1n) is 7.15. The molecule has 0 heterocycles. The minimum absolute atomic E-state index is 0.0525. The second-order valence-corrected chi connectivity index (χ2v) is 5.16. The van der Waals surface area contributed by atoms with Crippen LogP contribution < -0.4 is 5.32 Å². The average molecular weight is 278 g/mol. The monoisotopic (exact) mass is 278 g/mol. The van der Waals surface area contributed by atoms with Crippen LogP contribution in [0.2, 0.25) is 0 Å². The van der Waals surface area contributed by atoms with Crippen LogP contribution in [0.15, 0.2) is 18.2 Å². The maximum atomic E-state index is 12.8. The summed E-state index contributed by atoms with van der Waals surface area (Å²) in [5.41, 5.74) is 2.72. The minimum atomic E-state index is 0.0525. The largest absolute Gasteiger partial charge is 0.385 e. The fourth-order valence-electron chi connectivity index (χ4n) is 2.12. The topological polar surface area (TPSA) is 41.6 Å². The van der Waals surface area contributed by atoms with Crippen LogP contribution >= 0.6 is 0 Å². The van der Waals surface area contributed by atoms with Crippen LogP contribution in [0.5, 0.6) is 0 Å². The lowest BCUT2D eigenvalue weighted by molar-refractivity contribution is 0.0636. The van der Waals surface area contributed by atoms with Crippen LogP contribution in [-0.2, 0) is 4.74 Å². The summed E-state index contributed by atoms with van der Waals surface area (Å²) in [5.74, 6) is 0.0525. The summed E-state index contributed by atoms with van der Waals surface area (Å²) in [6, 6.07) is 6.08. The SMILES string of the molecule is CCNc1ccc(C)cc1C(=O)N(CCOC)C(C)C. The number of amides is 1. The molecule has 4 heteroatoms. The number of carbonyl (C=O) groups is 1. The van der Waals surface area contributed by atoms with E-state index in [1.807, 2.05) is 50.8 Å². The first-order valence-corrected chi connectivity index (χ1v) is 7.15. The maximum Gasteiger partial charge on any atom is 0.256 e. The lowest BCUT2D eigenvalue weighted by Crippen LogP contribution is -2.39. The van der Waals surface area contributed by atoms with Gasteiger partial charge in [0.15, 0.2) is 0 Å². The number of carbonyl (C=O) groups excluding carboxylic acids is 1. The highest BCUT2D eigenvalue weighted by Gasteiger charge is 2.21. The van der Waals surface area contributed by atoms with Gasteiger partial charge in [-0.1, -0.05) is 11.6 Å². The van der Waals surface area contributed by atoms with E-state index >= 15 is 0 Å². The van der Waals surface area contributed by atoms with Crippen LogP contribution in [-0.4, -0.2) is 43.7 Å². The number of benzene rings is 1. The maximum absolute atomic E-state index is 12.8. The molecule has 1 aromatic rings. The molecule has 0 atom stereocenters. The van der Waals surface area contributed by atoms with E-state index in [0.717, 1.165) is 23.4 Å². The highest BCUT2D eigenvalue weighted by Crippen LogP contribution is 2.20. The van der Waals surface area contributed by atoms with Gasteiger partial charge in [0.1, 0.15) is 0 Å². The molecule has 0 unspecified atom stereocenters. The number of nitrogens with zero attached hydrogens (tertiary/aromatic N) is 1. The van der Waals surface area contributed by atoms with Crippen molar-refractivity contribution < 1.29 is 9.53 Å². The molecule has 112 valence electrons. The molecular weight excluding hydrogens is 252 g/mol. The molecule has 0 saturated carbocycles. The summed E-state index contributed by atoms with van der Waals surface area (Å²) < 4.78 is 5.10. The van der Waals surface area contributed by atoms with Gasteiger partial charge in [-0.2, -0.15) is 0 Å². The Balaban J connectivity index is 3.06. The van der Waals surface area contributed by atoms with Crippen molar-refractivity contribution in [3.8, 4) is 0 Å². The lowest BCUT2D eigenvalue weighted by atomic mass is 10.1. The predicted octanol–water partition coefficient (Wildman–Crippen LogP) is 2.92. The average Bonchev–Trinajstić information content (AvgIpc) is 2.41. The van der Waals surface area contributed by atoms with Gasteiger partial charge in [0.2, 0.25) is 0 Å². The van der Waals surface area contributed by atoms with Crippen molar-refractivity contribution in [1.82, 2.24) is 4.90 Å². The highest BCUT2D eigenvalue weighted by atomic mass is 16.5. The fraction of sp³-hybridized carbons (Fsp3) is 0.562. The third-order valence-corrected chi connectivity index (χ3v) is 3.19. The number of rotatable bonds is 7. The van der Waals surface area contributed by atoms with E-state index in [0.29, 0.717) is 13.2 Å². The van der Waals surface area contributed by atoms with Crippen molar-refractivity contribution in [2.24, 2.45) is 0 Å². The highest BCUT2D eigenvalue weighted by molar-refractivity contribution is 6.00. The Kier molecular flexibility index (Phi) is 6.52. The van der Waals surface area contributed by atoms with Crippen molar-refractivity contribution in [2.45, 2.75) is 33.7 Å². The molecule has 0 saturated heterocycles. The predicted molar refractivity (Wildman–Crippen MR) is 83.4 cm³/mol. The smallest absolute Gasteiger partial charge is 0.256 e. The summed E-state index contributed by atoms with van der Waals surface area (Å²) in [7, 11) is 1.65. The molecule has 20 heavy (non-hydrogen) atoms. The van der Waals surface area contributed by atoms with Gasteiger partial charge < -0.3 is 15.0 Å². The van der Waals surface area contributed by atoms with Crippen molar-refractivity contribution in [1.29, 1.82) is 0 Å².